The molecule has 38 heavy (non-hydrogen) atoms. The van der Waals surface area contributed by atoms with Crippen LogP contribution < -0.4 is 14.8 Å². The molecule has 2 N–H and O–H groups in total. The average molecular weight is 536 g/mol. The zero-order valence-electron chi connectivity index (χ0n) is 22.5. The molecule has 1 saturated heterocycles. The van der Waals surface area contributed by atoms with Crippen LogP contribution in [0.5, 0.6) is 5.75 Å². The van der Waals surface area contributed by atoms with Gasteiger partial charge in [0.05, 0.1) is 12.0 Å². The van der Waals surface area contributed by atoms with E-state index in [-0.39, 0.29) is 0 Å². The van der Waals surface area contributed by atoms with E-state index in [1.807, 2.05) is 36.4 Å². The van der Waals surface area contributed by atoms with Crippen LogP contribution in [0.4, 0.5) is 0 Å². The summed E-state index contributed by atoms with van der Waals surface area (Å²) in [6.07, 6.45) is 7.16. The van der Waals surface area contributed by atoms with Crippen LogP contribution in [0.15, 0.2) is 65.6 Å². The highest BCUT2D eigenvalue weighted by atomic mass is 32.2. The zero-order chi connectivity index (χ0) is 26.4. The molecular weight excluding hydrogens is 494 g/mol. The molecule has 1 aliphatic carbocycles. The average Bonchev–Trinajstić information content (AvgIpc) is 3.14. The van der Waals surface area contributed by atoms with Crippen LogP contribution in [0.2, 0.25) is 0 Å². The summed E-state index contributed by atoms with van der Waals surface area (Å²) in [6, 6.07) is 19.6. The number of rotatable bonds is 10. The number of piperidine rings is 1. The van der Waals surface area contributed by atoms with Crippen LogP contribution in [-0.4, -0.2) is 59.7 Å². The Labute approximate surface area is 227 Å². The van der Waals surface area contributed by atoms with Crippen molar-refractivity contribution in [3.63, 3.8) is 0 Å². The molecular formula is C31H41N3O3S. The fraction of sp³-hybridized carbons (Fsp3) is 0.484. The van der Waals surface area contributed by atoms with Crippen molar-refractivity contribution in [3.8, 4) is 5.75 Å². The van der Waals surface area contributed by atoms with Crippen molar-refractivity contribution in [3.05, 3.63) is 71.8 Å². The second-order valence-electron chi connectivity index (χ2n) is 10.9. The number of hydrogen-bond acceptors (Lipinski definition) is 5. The maximum absolute atomic E-state index is 13.0. The number of nitrogens with zero attached hydrogens (tertiary/aromatic N) is 1. The highest BCUT2D eigenvalue weighted by Gasteiger charge is 2.22. The van der Waals surface area contributed by atoms with Crippen LogP contribution in [0.25, 0.3) is 10.8 Å². The molecule has 7 heteroatoms. The van der Waals surface area contributed by atoms with Gasteiger partial charge in [0, 0.05) is 18.5 Å². The van der Waals surface area contributed by atoms with Crippen LogP contribution in [0.1, 0.15) is 36.8 Å². The largest absolute Gasteiger partial charge is 0.497 e. The van der Waals surface area contributed by atoms with Gasteiger partial charge >= 0.3 is 0 Å². The predicted octanol–water partition coefficient (Wildman–Crippen LogP) is 4.62. The Morgan fingerprint density at radius 3 is 2.55 bits per heavy atom. The SMILES string of the molecule is COc1ccc2c(c1)CC(CNCC1CCN(CCNS(=O)(=O)c3cccc4ccccc34)CC1)CCC2. The number of methoxy groups -OCH3 is 1. The molecule has 1 heterocycles. The number of hydrogen-bond donors (Lipinski definition) is 2. The number of benzene rings is 3. The Bertz CT molecular complexity index is 1310. The van der Waals surface area contributed by atoms with E-state index in [9.17, 15) is 8.42 Å². The first kappa shape index (κ1) is 27.1. The van der Waals surface area contributed by atoms with E-state index in [1.54, 1.807) is 13.2 Å². The molecule has 0 radical (unpaired) electrons. The summed E-state index contributed by atoms with van der Waals surface area (Å²) in [5, 5.41) is 5.49. The fourth-order valence-electron chi connectivity index (χ4n) is 6.08. The molecule has 5 rings (SSSR count). The van der Waals surface area contributed by atoms with E-state index < -0.39 is 10.0 Å². The lowest BCUT2D eigenvalue weighted by Crippen LogP contribution is -2.41. The second-order valence-corrected chi connectivity index (χ2v) is 12.7. The first-order chi connectivity index (χ1) is 18.5. The monoisotopic (exact) mass is 535 g/mol. The first-order valence-electron chi connectivity index (χ1n) is 14.1. The summed E-state index contributed by atoms with van der Waals surface area (Å²) >= 11 is 0. The van der Waals surface area contributed by atoms with Crippen LogP contribution in [0, 0.1) is 11.8 Å². The van der Waals surface area contributed by atoms with E-state index in [0.717, 1.165) is 68.5 Å². The minimum absolute atomic E-state index is 0.358. The molecule has 0 aromatic heterocycles. The van der Waals surface area contributed by atoms with Crippen molar-refractivity contribution in [1.29, 1.82) is 0 Å². The molecule has 1 aliphatic heterocycles. The smallest absolute Gasteiger partial charge is 0.241 e. The second kappa shape index (κ2) is 12.6. The van der Waals surface area contributed by atoms with E-state index in [2.05, 4.69) is 33.1 Å². The van der Waals surface area contributed by atoms with Crippen LogP contribution >= 0.6 is 0 Å². The third kappa shape index (κ3) is 6.75. The number of sulfonamides is 1. The zero-order valence-corrected chi connectivity index (χ0v) is 23.3. The van der Waals surface area contributed by atoms with Crippen molar-refractivity contribution in [2.75, 3.05) is 46.4 Å². The van der Waals surface area contributed by atoms with E-state index >= 15 is 0 Å². The van der Waals surface area contributed by atoms with E-state index in [4.69, 9.17) is 4.74 Å². The van der Waals surface area contributed by atoms with Gasteiger partial charge < -0.3 is 15.0 Å². The Kier molecular flexibility index (Phi) is 9.00. The number of aryl methyl sites for hydroxylation is 1. The molecule has 1 fully saturated rings. The Morgan fingerprint density at radius 2 is 1.71 bits per heavy atom. The van der Waals surface area contributed by atoms with E-state index in [0.29, 0.717) is 23.3 Å². The molecule has 204 valence electrons. The lowest BCUT2D eigenvalue weighted by Gasteiger charge is -2.32. The van der Waals surface area contributed by atoms with Crippen LogP contribution in [0.3, 0.4) is 0 Å². The summed E-state index contributed by atoms with van der Waals surface area (Å²) in [5.41, 5.74) is 2.94. The van der Waals surface area contributed by atoms with Gasteiger partial charge in [-0.2, -0.15) is 0 Å². The fourth-order valence-corrected chi connectivity index (χ4v) is 7.33. The number of fused-ring (bicyclic) bond motifs is 2. The highest BCUT2D eigenvalue weighted by molar-refractivity contribution is 7.89. The Morgan fingerprint density at radius 1 is 0.921 bits per heavy atom. The summed E-state index contributed by atoms with van der Waals surface area (Å²) in [5.74, 6) is 2.33. The summed E-state index contributed by atoms with van der Waals surface area (Å²) in [6.45, 7) is 5.38. The van der Waals surface area contributed by atoms with Crippen molar-refractivity contribution in [2.24, 2.45) is 11.8 Å². The molecule has 0 bridgehead atoms. The molecule has 1 unspecified atom stereocenters. The van der Waals surface area contributed by atoms with Gasteiger partial charge in [-0.3, -0.25) is 0 Å². The number of likely N-dealkylation sites (tertiary alicyclic amines) is 1. The summed E-state index contributed by atoms with van der Waals surface area (Å²) in [4.78, 5) is 2.74. The number of ether oxygens (including phenoxy) is 1. The van der Waals surface area contributed by atoms with Gasteiger partial charge in [0.15, 0.2) is 0 Å². The standard InChI is InChI=1S/C31H41N3O3S/c1-37-29-13-12-26-8-4-6-25(20-28(26)21-29)23-32-22-24-14-17-34(18-15-24)19-16-33-38(35,36)31-11-5-9-27-7-2-3-10-30(27)31/h2-3,5,7,9-13,21,24-25,32-33H,4,6,8,14-20,22-23H2,1H3. The normalized spacial score (nSPS) is 19.2. The van der Waals surface area contributed by atoms with Gasteiger partial charge in [0.2, 0.25) is 10.0 Å². The molecule has 2 aliphatic rings. The highest BCUT2D eigenvalue weighted by Crippen LogP contribution is 2.28. The Balaban J connectivity index is 1.02. The molecule has 3 aromatic rings. The van der Waals surface area contributed by atoms with Crippen molar-refractivity contribution < 1.29 is 13.2 Å². The predicted molar refractivity (Wildman–Crippen MR) is 154 cm³/mol. The molecule has 6 nitrogen and oxygen atoms in total. The van der Waals surface area contributed by atoms with Crippen molar-refractivity contribution in [2.45, 2.75) is 43.4 Å². The van der Waals surface area contributed by atoms with Gasteiger partial charge in [-0.15, -0.1) is 0 Å². The van der Waals surface area contributed by atoms with Gasteiger partial charge in [-0.25, -0.2) is 13.1 Å². The summed E-state index contributed by atoms with van der Waals surface area (Å²) in [7, 11) is -1.80. The minimum Gasteiger partial charge on any atom is -0.497 e. The quantitative estimate of drug-likeness (QED) is 0.371. The molecule has 0 spiro atoms. The molecule has 1 atom stereocenters. The minimum atomic E-state index is -3.54. The van der Waals surface area contributed by atoms with Crippen molar-refractivity contribution in [1.82, 2.24) is 14.9 Å². The molecule has 0 saturated carbocycles. The van der Waals surface area contributed by atoms with Gasteiger partial charge in [0.25, 0.3) is 0 Å². The maximum Gasteiger partial charge on any atom is 0.241 e. The lowest BCUT2D eigenvalue weighted by molar-refractivity contribution is 0.184. The van der Waals surface area contributed by atoms with Gasteiger partial charge in [-0.1, -0.05) is 42.5 Å². The first-order valence-corrected chi connectivity index (χ1v) is 15.6. The molecule has 3 aromatic carbocycles. The maximum atomic E-state index is 13.0. The topological polar surface area (TPSA) is 70.7 Å². The third-order valence-corrected chi connectivity index (χ3v) is 9.83. The van der Waals surface area contributed by atoms with Gasteiger partial charge in [-0.05, 0) is 111 Å². The van der Waals surface area contributed by atoms with Crippen molar-refractivity contribution >= 4 is 20.8 Å². The number of nitrogens with one attached hydrogen (secondary N) is 2. The summed E-state index contributed by atoms with van der Waals surface area (Å²) < 4.78 is 34.2. The Hall–Kier alpha value is -2.45. The lowest BCUT2D eigenvalue weighted by atomic mass is 9.94. The van der Waals surface area contributed by atoms with Crippen LogP contribution in [-0.2, 0) is 22.9 Å². The van der Waals surface area contributed by atoms with Gasteiger partial charge in [0.1, 0.15) is 5.75 Å². The molecule has 0 amide bonds. The van der Waals surface area contributed by atoms with E-state index in [1.165, 1.54) is 30.4 Å². The third-order valence-electron chi connectivity index (χ3n) is 8.31.